The smallest absolute Gasteiger partial charge is 0.307 e. The average molecular weight is 451 g/mol. The molecule has 9 nitrogen and oxygen atoms in total. The molecule has 0 radical (unpaired) electrons. The molecule has 0 aliphatic rings. The number of hydrogen-bond acceptors (Lipinski definition) is 5. The Morgan fingerprint density at radius 3 is 2.57 bits per heavy atom. The quantitative estimate of drug-likeness (QED) is 0.458. The highest BCUT2D eigenvalue weighted by Gasteiger charge is 2.23. The topological polar surface area (TPSA) is 108 Å². The molecular formula is C17H16BrFN6O3. The van der Waals surface area contributed by atoms with Crippen LogP contribution in [0.4, 0.5) is 15.9 Å². The van der Waals surface area contributed by atoms with E-state index in [1.807, 2.05) is 0 Å². The van der Waals surface area contributed by atoms with E-state index in [0.29, 0.717) is 22.5 Å². The van der Waals surface area contributed by atoms with Crippen LogP contribution in [-0.4, -0.2) is 30.4 Å². The van der Waals surface area contributed by atoms with Gasteiger partial charge in [0.05, 0.1) is 15.9 Å². The molecule has 3 aromatic rings. The van der Waals surface area contributed by atoms with Crippen LogP contribution in [0.1, 0.15) is 17.0 Å². The lowest BCUT2D eigenvalue weighted by Gasteiger charge is -2.05. The Kier molecular flexibility index (Phi) is 5.54. The third kappa shape index (κ3) is 4.25. The lowest BCUT2D eigenvalue weighted by atomic mass is 10.2. The summed E-state index contributed by atoms with van der Waals surface area (Å²) in [7, 11) is 0. The summed E-state index contributed by atoms with van der Waals surface area (Å²) in [6, 6.07) is 6.03. The SMILES string of the molecule is Cc1nn(CC(=O)Nc2nn(Cc3ccc(F)cc3)cc2Br)c(C)c1[N+](=O)[O-]. The number of carbonyl (C=O) groups is 1. The van der Waals surface area contributed by atoms with Crippen LogP contribution in [0.3, 0.4) is 0 Å². The lowest BCUT2D eigenvalue weighted by molar-refractivity contribution is -0.386. The van der Waals surface area contributed by atoms with E-state index in [-0.39, 0.29) is 23.7 Å². The Morgan fingerprint density at radius 2 is 1.96 bits per heavy atom. The molecule has 0 aliphatic heterocycles. The summed E-state index contributed by atoms with van der Waals surface area (Å²) in [6.45, 7) is 3.28. The number of anilines is 1. The van der Waals surface area contributed by atoms with Crippen LogP contribution in [-0.2, 0) is 17.9 Å². The van der Waals surface area contributed by atoms with Gasteiger partial charge in [0.15, 0.2) is 5.82 Å². The monoisotopic (exact) mass is 450 g/mol. The van der Waals surface area contributed by atoms with E-state index in [0.717, 1.165) is 5.56 Å². The molecule has 1 aromatic carbocycles. The number of benzene rings is 1. The Bertz CT molecular complexity index is 1040. The molecule has 1 N–H and O–H groups in total. The van der Waals surface area contributed by atoms with Gasteiger partial charge in [0.25, 0.3) is 0 Å². The maximum atomic E-state index is 13.0. The first-order chi connectivity index (χ1) is 13.2. The van der Waals surface area contributed by atoms with Gasteiger partial charge < -0.3 is 5.32 Å². The van der Waals surface area contributed by atoms with E-state index in [2.05, 4.69) is 31.4 Å². The van der Waals surface area contributed by atoms with Gasteiger partial charge in [0, 0.05) is 6.20 Å². The van der Waals surface area contributed by atoms with E-state index >= 15 is 0 Å². The zero-order valence-electron chi connectivity index (χ0n) is 15.0. The minimum atomic E-state index is -0.514. The summed E-state index contributed by atoms with van der Waals surface area (Å²) in [5.74, 6) is -0.431. The second-order valence-corrected chi connectivity index (χ2v) is 6.99. The number of aryl methyl sites for hydroxylation is 1. The summed E-state index contributed by atoms with van der Waals surface area (Å²) in [5.41, 5.74) is 1.31. The standard InChI is InChI=1S/C17H16BrFN6O3/c1-10-16(25(27)28)11(2)24(21-10)9-15(26)20-17-14(18)8-23(22-17)7-12-3-5-13(19)6-4-12/h3-6,8H,7,9H2,1-2H3,(H,20,22,26). The van der Waals surface area contributed by atoms with Crippen LogP contribution in [0.5, 0.6) is 0 Å². The molecular weight excluding hydrogens is 435 g/mol. The third-order valence-electron chi connectivity index (χ3n) is 4.05. The highest BCUT2D eigenvalue weighted by Crippen LogP contribution is 2.23. The summed E-state index contributed by atoms with van der Waals surface area (Å²) < 4.78 is 16.4. The number of carbonyl (C=O) groups excluding carboxylic acids is 1. The maximum Gasteiger partial charge on any atom is 0.312 e. The highest BCUT2D eigenvalue weighted by atomic mass is 79.9. The van der Waals surface area contributed by atoms with Gasteiger partial charge in [-0.3, -0.25) is 24.3 Å². The van der Waals surface area contributed by atoms with Crippen LogP contribution in [0, 0.1) is 29.8 Å². The van der Waals surface area contributed by atoms with Crippen molar-refractivity contribution in [3.05, 3.63) is 67.8 Å². The van der Waals surface area contributed by atoms with Crippen molar-refractivity contribution in [1.29, 1.82) is 0 Å². The van der Waals surface area contributed by atoms with Crippen LogP contribution >= 0.6 is 15.9 Å². The predicted molar refractivity (Wildman–Crippen MR) is 102 cm³/mol. The number of amides is 1. The number of rotatable bonds is 6. The molecule has 0 atom stereocenters. The highest BCUT2D eigenvalue weighted by molar-refractivity contribution is 9.10. The van der Waals surface area contributed by atoms with Crippen molar-refractivity contribution in [3.8, 4) is 0 Å². The van der Waals surface area contributed by atoms with E-state index in [1.54, 1.807) is 29.9 Å². The average Bonchev–Trinajstić information content (AvgIpc) is 3.08. The van der Waals surface area contributed by atoms with Crippen molar-refractivity contribution in [2.24, 2.45) is 0 Å². The number of aromatic nitrogens is 4. The minimum Gasteiger partial charge on any atom is -0.307 e. The lowest BCUT2D eigenvalue weighted by Crippen LogP contribution is -2.21. The van der Waals surface area contributed by atoms with Crippen LogP contribution in [0.2, 0.25) is 0 Å². The Balaban J connectivity index is 1.69. The molecule has 2 aromatic heterocycles. The van der Waals surface area contributed by atoms with Crippen molar-refractivity contribution in [1.82, 2.24) is 19.6 Å². The molecule has 0 saturated heterocycles. The van der Waals surface area contributed by atoms with Gasteiger partial charge in [0.2, 0.25) is 5.91 Å². The van der Waals surface area contributed by atoms with Crippen molar-refractivity contribution < 1.29 is 14.1 Å². The van der Waals surface area contributed by atoms with Crippen LogP contribution < -0.4 is 5.32 Å². The molecule has 0 unspecified atom stereocenters. The van der Waals surface area contributed by atoms with Gasteiger partial charge in [0.1, 0.15) is 23.7 Å². The van der Waals surface area contributed by atoms with Crippen LogP contribution in [0.15, 0.2) is 34.9 Å². The number of nitrogens with zero attached hydrogens (tertiary/aromatic N) is 5. The van der Waals surface area contributed by atoms with Gasteiger partial charge in [-0.25, -0.2) is 4.39 Å². The number of nitrogens with one attached hydrogen (secondary N) is 1. The molecule has 0 bridgehead atoms. The molecule has 28 heavy (non-hydrogen) atoms. The van der Waals surface area contributed by atoms with Crippen molar-refractivity contribution in [3.63, 3.8) is 0 Å². The second-order valence-electron chi connectivity index (χ2n) is 6.13. The first kappa shape index (κ1) is 19.7. The van der Waals surface area contributed by atoms with Gasteiger partial charge >= 0.3 is 5.69 Å². The van der Waals surface area contributed by atoms with Crippen molar-refractivity contribution in [2.75, 3.05) is 5.32 Å². The molecule has 3 rings (SSSR count). The van der Waals surface area contributed by atoms with E-state index in [9.17, 15) is 19.3 Å². The largest absolute Gasteiger partial charge is 0.312 e. The Morgan fingerprint density at radius 1 is 1.29 bits per heavy atom. The zero-order chi connectivity index (χ0) is 20.4. The number of hydrogen-bond donors (Lipinski definition) is 1. The van der Waals surface area contributed by atoms with E-state index < -0.39 is 10.8 Å². The Hall–Kier alpha value is -3.08. The normalized spacial score (nSPS) is 10.9. The molecule has 2 heterocycles. The fraction of sp³-hybridized carbons (Fsp3) is 0.235. The van der Waals surface area contributed by atoms with Crippen LogP contribution in [0.25, 0.3) is 0 Å². The summed E-state index contributed by atoms with van der Waals surface area (Å²) in [6.07, 6.45) is 1.69. The van der Waals surface area contributed by atoms with Gasteiger partial charge in [-0.05, 0) is 47.5 Å². The molecule has 0 aliphatic carbocycles. The molecule has 0 saturated carbocycles. The predicted octanol–water partition coefficient (Wildman–Crippen LogP) is 3.19. The first-order valence-corrected chi connectivity index (χ1v) is 8.99. The summed E-state index contributed by atoms with van der Waals surface area (Å²) >= 11 is 3.34. The number of halogens is 2. The fourth-order valence-electron chi connectivity index (χ4n) is 2.75. The Labute approximate surface area is 167 Å². The zero-order valence-corrected chi connectivity index (χ0v) is 16.6. The summed E-state index contributed by atoms with van der Waals surface area (Å²) in [5, 5.41) is 22.0. The van der Waals surface area contributed by atoms with E-state index in [4.69, 9.17) is 0 Å². The molecule has 0 fully saturated rings. The van der Waals surface area contributed by atoms with E-state index in [1.165, 1.54) is 23.7 Å². The number of nitro groups is 1. The first-order valence-electron chi connectivity index (χ1n) is 8.20. The molecule has 11 heteroatoms. The van der Waals surface area contributed by atoms with Gasteiger partial charge in [-0.2, -0.15) is 10.2 Å². The fourth-order valence-corrected chi connectivity index (χ4v) is 3.17. The summed E-state index contributed by atoms with van der Waals surface area (Å²) in [4.78, 5) is 22.9. The second kappa shape index (κ2) is 7.89. The molecule has 0 spiro atoms. The molecule has 146 valence electrons. The minimum absolute atomic E-state index is 0.0995. The maximum absolute atomic E-state index is 13.0. The van der Waals surface area contributed by atoms with Gasteiger partial charge in [-0.1, -0.05) is 12.1 Å². The van der Waals surface area contributed by atoms with Crippen molar-refractivity contribution in [2.45, 2.75) is 26.9 Å². The van der Waals surface area contributed by atoms with Gasteiger partial charge in [-0.15, -0.1) is 0 Å². The molecule has 1 amide bonds. The van der Waals surface area contributed by atoms with Crippen molar-refractivity contribution >= 4 is 33.3 Å². The third-order valence-corrected chi connectivity index (χ3v) is 4.63.